The normalized spacial score (nSPS) is 34.9. The third-order valence-corrected chi connectivity index (χ3v) is 8.53. The number of fused-ring (bicyclic) bond motifs is 1. The first-order valence-corrected chi connectivity index (χ1v) is 12.6. The summed E-state index contributed by atoms with van der Waals surface area (Å²) < 4.78 is 27.9. The van der Waals surface area contributed by atoms with E-state index in [0.29, 0.717) is 23.8 Å². The van der Waals surface area contributed by atoms with Crippen LogP contribution >= 0.6 is 0 Å². The molecule has 0 radical (unpaired) electrons. The molecule has 1 nitrogen and oxygen atoms in total. The van der Waals surface area contributed by atoms with Gasteiger partial charge in [-0.25, -0.2) is 8.78 Å². The van der Waals surface area contributed by atoms with Crippen molar-refractivity contribution in [1.82, 2.24) is 0 Å². The Balaban J connectivity index is 1.73. The predicted molar refractivity (Wildman–Crippen MR) is 131 cm³/mol. The first-order valence-electron chi connectivity index (χ1n) is 12.6. The summed E-state index contributed by atoms with van der Waals surface area (Å²) in [5.41, 5.74) is 3.64. The zero-order chi connectivity index (χ0) is 23.5. The van der Waals surface area contributed by atoms with E-state index in [0.717, 1.165) is 37.7 Å². The molecule has 0 aromatic carbocycles. The van der Waals surface area contributed by atoms with Gasteiger partial charge in [0.25, 0.3) is 0 Å². The van der Waals surface area contributed by atoms with Gasteiger partial charge in [0.15, 0.2) is 0 Å². The average molecular weight is 445 g/mol. The lowest BCUT2D eigenvalue weighted by Gasteiger charge is -2.42. The summed E-state index contributed by atoms with van der Waals surface area (Å²) in [4.78, 5) is 0. The van der Waals surface area contributed by atoms with Gasteiger partial charge in [-0.05, 0) is 73.3 Å². The van der Waals surface area contributed by atoms with Crippen LogP contribution in [0.3, 0.4) is 0 Å². The van der Waals surface area contributed by atoms with E-state index >= 15 is 0 Å². The van der Waals surface area contributed by atoms with Crippen LogP contribution in [0, 0.1) is 17.3 Å². The lowest BCUT2D eigenvalue weighted by Crippen LogP contribution is -2.32. The second-order valence-corrected chi connectivity index (χ2v) is 10.5. The minimum Gasteiger partial charge on any atom is -0.390 e. The standard InChI is InChI=1S/C29H42F2O/c1-6-29(32,7-2)17-8-10-20(3)25-14-15-26-22(11-9-16-28(25,26)5)12-13-23-18-24(30)19-27(31)21(23)4/h8,10,12-14,20,24,26-27,32H,4,6-7,9,11,15-19H2,1-3,5H3. The van der Waals surface area contributed by atoms with Crippen LogP contribution in [0.4, 0.5) is 8.78 Å². The van der Waals surface area contributed by atoms with Crippen LogP contribution in [0.1, 0.15) is 85.5 Å². The molecule has 3 heteroatoms. The van der Waals surface area contributed by atoms with E-state index in [1.54, 1.807) is 0 Å². The topological polar surface area (TPSA) is 20.2 Å². The highest BCUT2D eigenvalue weighted by atomic mass is 19.1. The van der Waals surface area contributed by atoms with Crippen molar-refractivity contribution in [2.45, 2.75) is 103 Å². The quantitative estimate of drug-likeness (QED) is 0.393. The highest BCUT2D eigenvalue weighted by Gasteiger charge is 2.45. The van der Waals surface area contributed by atoms with Crippen molar-refractivity contribution in [3.8, 4) is 0 Å². The van der Waals surface area contributed by atoms with Gasteiger partial charge in [-0.3, -0.25) is 0 Å². The molecule has 0 aromatic heterocycles. The average Bonchev–Trinajstić information content (AvgIpc) is 3.12. The fraction of sp³-hybridized carbons (Fsp3) is 0.655. The summed E-state index contributed by atoms with van der Waals surface area (Å²) in [6.07, 6.45) is 15.4. The number of alkyl halides is 2. The molecule has 3 aliphatic carbocycles. The minimum absolute atomic E-state index is 0.0555. The summed E-state index contributed by atoms with van der Waals surface area (Å²) in [6, 6.07) is 0. The lowest BCUT2D eigenvalue weighted by molar-refractivity contribution is 0.0352. The van der Waals surface area contributed by atoms with Crippen molar-refractivity contribution in [1.29, 1.82) is 0 Å². The summed E-state index contributed by atoms with van der Waals surface area (Å²) in [5.74, 6) is 0.805. The van der Waals surface area contributed by atoms with Crippen molar-refractivity contribution >= 4 is 0 Å². The zero-order valence-corrected chi connectivity index (χ0v) is 20.5. The SMILES string of the molecule is C=C1C(=CC=C2CCCC3(C)C(C(C)C=CCC(O)(CC)CC)=CCC23)CC(F)CC1F. The molecule has 1 N–H and O–H groups in total. The van der Waals surface area contributed by atoms with Crippen LogP contribution in [0.5, 0.6) is 0 Å². The second kappa shape index (κ2) is 10.2. The molecular weight excluding hydrogens is 402 g/mol. The molecule has 2 fully saturated rings. The van der Waals surface area contributed by atoms with Gasteiger partial charge in [-0.2, -0.15) is 0 Å². The Morgan fingerprint density at radius 2 is 2.00 bits per heavy atom. The smallest absolute Gasteiger partial charge is 0.128 e. The monoisotopic (exact) mass is 444 g/mol. The van der Waals surface area contributed by atoms with Crippen LogP contribution in [-0.4, -0.2) is 23.1 Å². The largest absolute Gasteiger partial charge is 0.390 e. The molecule has 0 bridgehead atoms. The Morgan fingerprint density at radius 3 is 2.69 bits per heavy atom. The van der Waals surface area contributed by atoms with E-state index < -0.39 is 17.9 Å². The van der Waals surface area contributed by atoms with Gasteiger partial charge < -0.3 is 5.11 Å². The number of rotatable bonds is 7. The highest BCUT2D eigenvalue weighted by molar-refractivity contribution is 5.40. The second-order valence-electron chi connectivity index (χ2n) is 10.5. The first kappa shape index (κ1) is 25.1. The third kappa shape index (κ3) is 5.19. The van der Waals surface area contributed by atoms with Gasteiger partial charge in [0.05, 0.1) is 5.60 Å². The third-order valence-electron chi connectivity index (χ3n) is 8.53. The predicted octanol–water partition coefficient (Wildman–Crippen LogP) is 8.14. The van der Waals surface area contributed by atoms with Crippen LogP contribution in [-0.2, 0) is 0 Å². The van der Waals surface area contributed by atoms with Crippen LogP contribution in [0.2, 0.25) is 0 Å². The van der Waals surface area contributed by atoms with Crippen LogP contribution in [0.25, 0.3) is 0 Å². The molecule has 2 saturated carbocycles. The fourth-order valence-corrected chi connectivity index (χ4v) is 6.10. The lowest BCUT2D eigenvalue weighted by atomic mass is 9.62. The summed E-state index contributed by atoms with van der Waals surface area (Å²) in [6.45, 7) is 12.6. The van der Waals surface area contributed by atoms with E-state index in [1.165, 1.54) is 17.6 Å². The molecule has 5 unspecified atom stereocenters. The minimum atomic E-state index is -1.26. The Kier molecular flexibility index (Phi) is 8.02. The summed E-state index contributed by atoms with van der Waals surface area (Å²) >= 11 is 0. The van der Waals surface area contributed by atoms with Gasteiger partial charge >= 0.3 is 0 Å². The Labute approximate surface area is 194 Å². The number of halogens is 2. The van der Waals surface area contributed by atoms with E-state index in [1.807, 2.05) is 19.9 Å². The van der Waals surface area contributed by atoms with Gasteiger partial charge in [-0.15, -0.1) is 0 Å². The Hall–Kier alpha value is -1.48. The molecule has 5 atom stereocenters. The van der Waals surface area contributed by atoms with E-state index in [9.17, 15) is 13.9 Å². The van der Waals surface area contributed by atoms with Crippen molar-refractivity contribution in [3.63, 3.8) is 0 Å². The molecular formula is C29H42F2O. The van der Waals surface area contributed by atoms with Gasteiger partial charge in [-0.1, -0.05) is 75.8 Å². The molecule has 0 heterocycles. The molecule has 3 rings (SSSR count). The van der Waals surface area contributed by atoms with Crippen molar-refractivity contribution < 1.29 is 13.9 Å². The summed E-state index contributed by atoms with van der Waals surface area (Å²) in [7, 11) is 0. The van der Waals surface area contributed by atoms with Crippen molar-refractivity contribution in [2.24, 2.45) is 17.3 Å². The van der Waals surface area contributed by atoms with Gasteiger partial charge in [0.2, 0.25) is 0 Å². The van der Waals surface area contributed by atoms with Crippen molar-refractivity contribution in [3.05, 3.63) is 59.3 Å². The van der Waals surface area contributed by atoms with E-state index in [2.05, 4.69) is 44.7 Å². The molecule has 0 amide bonds. The van der Waals surface area contributed by atoms with Gasteiger partial charge in [0.1, 0.15) is 12.3 Å². The Morgan fingerprint density at radius 1 is 1.28 bits per heavy atom. The number of hydrogen-bond donors (Lipinski definition) is 1. The number of allylic oxidation sites excluding steroid dienone is 8. The van der Waals surface area contributed by atoms with E-state index in [4.69, 9.17) is 0 Å². The maximum atomic E-state index is 14.0. The fourth-order valence-electron chi connectivity index (χ4n) is 6.10. The Bertz CT molecular complexity index is 813. The zero-order valence-electron chi connectivity index (χ0n) is 20.5. The highest BCUT2D eigenvalue weighted by Crippen LogP contribution is 2.56. The maximum absolute atomic E-state index is 14.0. The number of hydrogen-bond acceptors (Lipinski definition) is 1. The number of aliphatic hydroxyl groups is 1. The summed E-state index contributed by atoms with van der Waals surface area (Å²) in [5, 5.41) is 10.6. The molecule has 178 valence electrons. The van der Waals surface area contributed by atoms with E-state index in [-0.39, 0.29) is 18.3 Å². The van der Waals surface area contributed by atoms with Crippen LogP contribution < -0.4 is 0 Å². The maximum Gasteiger partial charge on any atom is 0.128 e. The molecule has 32 heavy (non-hydrogen) atoms. The molecule has 0 aliphatic heterocycles. The first-order chi connectivity index (χ1) is 15.1. The van der Waals surface area contributed by atoms with Crippen molar-refractivity contribution in [2.75, 3.05) is 0 Å². The molecule has 3 aliphatic rings. The van der Waals surface area contributed by atoms with Gasteiger partial charge in [0, 0.05) is 12.8 Å². The molecule has 0 spiro atoms. The van der Waals surface area contributed by atoms with Crippen LogP contribution in [0.15, 0.2) is 59.3 Å². The molecule has 0 saturated heterocycles. The molecule has 0 aromatic rings.